The third kappa shape index (κ3) is 4.80. The molecule has 0 spiro atoms. The molecule has 1 amide bonds. The molecule has 0 fully saturated rings. The van der Waals surface area contributed by atoms with Gasteiger partial charge >= 0.3 is 5.97 Å². The lowest BCUT2D eigenvalue weighted by Crippen LogP contribution is -2.24. The molecule has 0 aliphatic heterocycles. The van der Waals surface area contributed by atoms with Gasteiger partial charge < -0.3 is 9.64 Å². The Balaban J connectivity index is 1.99. The van der Waals surface area contributed by atoms with E-state index >= 15 is 0 Å². The monoisotopic (exact) mass is 387 g/mol. The zero-order valence-corrected chi connectivity index (χ0v) is 15.1. The van der Waals surface area contributed by atoms with Crippen LogP contribution >= 0.6 is 15.9 Å². The number of nitrogens with zero attached hydrogens (tertiary/aromatic N) is 1. The summed E-state index contributed by atoms with van der Waals surface area (Å²) >= 11 is 3.48. The van der Waals surface area contributed by atoms with Crippen LogP contribution in [0.4, 0.5) is 0 Å². The van der Waals surface area contributed by atoms with E-state index in [1.165, 1.54) is 13.2 Å². The largest absolute Gasteiger partial charge is 0.465 e. The lowest BCUT2D eigenvalue weighted by Gasteiger charge is -2.16. The van der Waals surface area contributed by atoms with E-state index in [0.29, 0.717) is 12.1 Å². The van der Waals surface area contributed by atoms with Crippen LogP contribution in [-0.2, 0) is 16.1 Å². The highest BCUT2D eigenvalue weighted by molar-refractivity contribution is 9.10. The number of carbonyl (C=O) groups is 2. The maximum Gasteiger partial charge on any atom is 0.337 e. The van der Waals surface area contributed by atoms with Gasteiger partial charge in [0.25, 0.3) is 0 Å². The van der Waals surface area contributed by atoms with Crippen molar-refractivity contribution in [2.24, 2.45) is 0 Å². The van der Waals surface area contributed by atoms with Crippen LogP contribution in [0, 0.1) is 0 Å². The van der Waals surface area contributed by atoms with Gasteiger partial charge in [-0.25, -0.2) is 4.79 Å². The van der Waals surface area contributed by atoms with E-state index in [-0.39, 0.29) is 11.9 Å². The number of hydrogen-bond donors (Lipinski definition) is 0. The van der Waals surface area contributed by atoms with Gasteiger partial charge in [-0.3, -0.25) is 4.79 Å². The van der Waals surface area contributed by atoms with Crippen molar-refractivity contribution in [2.45, 2.75) is 6.54 Å². The highest BCUT2D eigenvalue weighted by atomic mass is 79.9. The zero-order chi connectivity index (χ0) is 17.5. The van der Waals surface area contributed by atoms with Crippen LogP contribution < -0.4 is 0 Å². The zero-order valence-electron chi connectivity index (χ0n) is 13.5. The molecule has 4 nitrogen and oxygen atoms in total. The quantitative estimate of drug-likeness (QED) is 0.577. The van der Waals surface area contributed by atoms with Gasteiger partial charge in [-0.1, -0.05) is 46.3 Å². The molecule has 0 radical (unpaired) electrons. The lowest BCUT2D eigenvalue weighted by molar-refractivity contribution is -0.125. The molecule has 0 aliphatic rings. The number of halogens is 1. The summed E-state index contributed by atoms with van der Waals surface area (Å²) in [5, 5.41) is 0. The standard InChI is InChI=1S/C19H18BrNO3/c1-21(13-16-5-3-4-6-17(16)20)18(22)12-9-14-7-10-15(11-8-14)19(23)24-2/h3-12H,13H2,1-2H3/b12-9+. The summed E-state index contributed by atoms with van der Waals surface area (Å²) in [7, 11) is 3.10. The van der Waals surface area contributed by atoms with Crippen molar-refractivity contribution in [2.75, 3.05) is 14.2 Å². The van der Waals surface area contributed by atoms with E-state index in [4.69, 9.17) is 0 Å². The fourth-order valence-electron chi connectivity index (χ4n) is 2.10. The first kappa shape index (κ1) is 17.9. The molecule has 0 bridgehead atoms. The highest BCUT2D eigenvalue weighted by Gasteiger charge is 2.08. The number of amides is 1. The van der Waals surface area contributed by atoms with Crippen molar-refractivity contribution >= 4 is 33.9 Å². The van der Waals surface area contributed by atoms with Crippen LogP contribution in [0.3, 0.4) is 0 Å². The second-order valence-corrected chi connectivity index (χ2v) is 6.09. The number of methoxy groups -OCH3 is 1. The number of rotatable bonds is 5. The Morgan fingerprint density at radius 1 is 1.12 bits per heavy atom. The molecular weight excluding hydrogens is 370 g/mol. The summed E-state index contributed by atoms with van der Waals surface area (Å²) in [6.07, 6.45) is 3.24. The van der Waals surface area contributed by atoms with Crippen LogP contribution in [0.5, 0.6) is 0 Å². The van der Waals surface area contributed by atoms with E-state index in [1.807, 2.05) is 24.3 Å². The van der Waals surface area contributed by atoms with Gasteiger partial charge in [0.15, 0.2) is 0 Å². The van der Waals surface area contributed by atoms with E-state index in [1.54, 1.807) is 42.3 Å². The summed E-state index contributed by atoms with van der Waals surface area (Å²) in [6.45, 7) is 0.520. The number of esters is 1. The Bertz CT molecular complexity index is 753. The van der Waals surface area contributed by atoms with E-state index in [0.717, 1.165) is 15.6 Å². The molecule has 2 aromatic carbocycles. The molecule has 0 unspecified atom stereocenters. The minimum Gasteiger partial charge on any atom is -0.465 e. The second-order valence-electron chi connectivity index (χ2n) is 5.23. The van der Waals surface area contributed by atoms with Crippen LogP contribution in [0.25, 0.3) is 6.08 Å². The summed E-state index contributed by atoms with van der Waals surface area (Å²) in [5.74, 6) is -0.474. The summed E-state index contributed by atoms with van der Waals surface area (Å²) in [5.41, 5.74) is 2.36. The molecule has 0 aromatic heterocycles. The van der Waals surface area contributed by atoms with Crippen molar-refractivity contribution < 1.29 is 14.3 Å². The first-order chi connectivity index (χ1) is 11.5. The molecular formula is C19H18BrNO3. The van der Waals surface area contributed by atoms with Crippen LogP contribution in [0.1, 0.15) is 21.5 Å². The minimum absolute atomic E-state index is 0.0946. The van der Waals surface area contributed by atoms with Crippen molar-refractivity contribution in [3.63, 3.8) is 0 Å². The van der Waals surface area contributed by atoms with Crippen LogP contribution in [-0.4, -0.2) is 30.9 Å². The molecule has 0 aliphatic carbocycles. The highest BCUT2D eigenvalue weighted by Crippen LogP contribution is 2.17. The Labute approximate surface area is 149 Å². The molecule has 24 heavy (non-hydrogen) atoms. The number of hydrogen-bond acceptors (Lipinski definition) is 3. The summed E-state index contributed by atoms with van der Waals surface area (Å²) in [6, 6.07) is 14.7. The average molecular weight is 388 g/mol. The Hall–Kier alpha value is -2.40. The number of ether oxygens (including phenoxy) is 1. The Kier molecular flexibility index (Phi) is 6.32. The van der Waals surface area contributed by atoms with Gasteiger partial charge in [0.2, 0.25) is 5.91 Å². The van der Waals surface area contributed by atoms with Gasteiger partial charge in [0, 0.05) is 24.1 Å². The fraction of sp³-hybridized carbons (Fsp3) is 0.158. The molecule has 0 heterocycles. The van der Waals surface area contributed by atoms with Gasteiger partial charge in [-0.15, -0.1) is 0 Å². The van der Waals surface area contributed by atoms with Crippen LogP contribution in [0.15, 0.2) is 59.1 Å². The molecule has 0 saturated carbocycles. The Morgan fingerprint density at radius 3 is 2.42 bits per heavy atom. The van der Waals surface area contributed by atoms with Crippen molar-refractivity contribution in [1.29, 1.82) is 0 Å². The minimum atomic E-state index is -0.380. The first-order valence-electron chi connectivity index (χ1n) is 7.36. The predicted molar refractivity (Wildman–Crippen MR) is 97.4 cm³/mol. The Morgan fingerprint density at radius 2 is 1.79 bits per heavy atom. The van der Waals surface area contributed by atoms with E-state index in [2.05, 4.69) is 20.7 Å². The van der Waals surface area contributed by atoms with Crippen molar-refractivity contribution in [3.05, 3.63) is 75.8 Å². The van der Waals surface area contributed by atoms with Gasteiger partial charge in [0.1, 0.15) is 0 Å². The summed E-state index contributed by atoms with van der Waals surface area (Å²) < 4.78 is 5.63. The molecule has 2 aromatic rings. The first-order valence-corrected chi connectivity index (χ1v) is 8.15. The van der Waals surface area contributed by atoms with Crippen molar-refractivity contribution in [1.82, 2.24) is 4.90 Å². The maximum atomic E-state index is 12.2. The predicted octanol–water partition coefficient (Wildman–Crippen LogP) is 3.91. The molecule has 0 saturated heterocycles. The molecule has 0 atom stereocenters. The van der Waals surface area contributed by atoms with E-state index in [9.17, 15) is 9.59 Å². The number of carbonyl (C=O) groups excluding carboxylic acids is 2. The molecule has 2 rings (SSSR count). The van der Waals surface area contributed by atoms with Gasteiger partial charge in [-0.05, 0) is 35.4 Å². The molecule has 124 valence electrons. The second kappa shape index (κ2) is 8.45. The molecule has 0 N–H and O–H groups in total. The van der Waals surface area contributed by atoms with Crippen LogP contribution in [0.2, 0.25) is 0 Å². The van der Waals surface area contributed by atoms with Gasteiger partial charge in [0.05, 0.1) is 12.7 Å². The SMILES string of the molecule is COC(=O)c1ccc(/C=C/C(=O)N(C)Cc2ccccc2Br)cc1. The molecule has 5 heteroatoms. The smallest absolute Gasteiger partial charge is 0.337 e. The fourth-order valence-corrected chi connectivity index (χ4v) is 2.51. The lowest BCUT2D eigenvalue weighted by atomic mass is 10.1. The number of benzene rings is 2. The third-order valence-corrected chi connectivity index (χ3v) is 4.27. The number of likely N-dealkylation sites (N-methyl/N-ethyl adjacent to an activating group) is 1. The maximum absolute atomic E-state index is 12.2. The normalized spacial score (nSPS) is 10.6. The van der Waals surface area contributed by atoms with Gasteiger partial charge in [-0.2, -0.15) is 0 Å². The van der Waals surface area contributed by atoms with E-state index < -0.39 is 0 Å². The van der Waals surface area contributed by atoms with Crippen molar-refractivity contribution in [3.8, 4) is 0 Å². The summed E-state index contributed by atoms with van der Waals surface area (Å²) in [4.78, 5) is 25.2. The third-order valence-electron chi connectivity index (χ3n) is 3.49. The topological polar surface area (TPSA) is 46.6 Å². The average Bonchev–Trinajstić information content (AvgIpc) is 2.61.